The van der Waals surface area contributed by atoms with Crippen LogP contribution in [-0.4, -0.2) is 24.9 Å². The summed E-state index contributed by atoms with van der Waals surface area (Å²) in [5.41, 5.74) is 0.0758. The number of hydrogen-bond acceptors (Lipinski definition) is 5. The summed E-state index contributed by atoms with van der Waals surface area (Å²) >= 11 is 3.23. The maximum absolute atomic E-state index is 12.2. The summed E-state index contributed by atoms with van der Waals surface area (Å²) in [6.07, 6.45) is 0. The molecule has 0 bridgehead atoms. The molecule has 2 aromatic carbocycles. The molecule has 22 heavy (non-hydrogen) atoms. The van der Waals surface area contributed by atoms with Gasteiger partial charge in [-0.1, -0.05) is 28.1 Å². The Kier molecular flexibility index (Phi) is 4.72. The van der Waals surface area contributed by atoms with Gasteiger partial charge in [-0.05, 0) is 24.3 Å². The van der Waals surface area contributed by atoms with E-state index < -0.39 is 26.3 Å². The lowest BCUT2D eigenvalue weighted by molar-refractivity contribution is -0.384. The van der Waals surface area contributed by atoms with Crippen molar-refractivity contribution in [1.82, 2.24) is 0 Å². The Morgan fingerprint density at radius 3 is 2.09 bits per heavy atom. The molecule has 2 rings (SSSR count). The topological polar surface area (TPSA) is 94.3 Å². The Hall–Kier alpha value is -2.06. The van der Waals surface area contributed by atoms with Crippen LogP contribution in [0.5, 0.6) is 0 Å². The molecule has 0 radical (unpaired) electrons. The molecule has 0 aromatic heterocycles. The average molecular weight is 384 g/mol. The Morgan fingerprint density at radius 2 is 1.59 bits per heavy atom. The molecule has 0 amide bonds. The van der Waals surface area contributed by atoms with Crippen molar-refractivity contribution in [3.8, 4) is 0 Å². The first-order chi connectivity index (χ1) is 10.3. The van der Waals surface area contributed by atoms with E-state index in [0.717, 1.165) is 28.7 Å². The second kappa shape index (κ2) is 6.37. The minimum atomic E-state index is -3.84. The van der Waals surface area contributed by atoms with Crippen molar-refractivity contribution in [1.29, 1.82) is 0 Å². The van der Waals surface area contributed by atoms with Gasteiger partial charge in [0.15, 0.2) is 15.6 Å². The monoisotopic (exact) mass is 383 g/mol. The number of benzene rings is 2. The fraction of sp³-hybridized carbons (Fsp3) is 0.0714. The number of sulfone groups is 1. The van der Waals surface area contributed by atoms with Gasteiger partial charge in [-0.15, -0.1) is 0 Å². The van der Waals surface area contributed by atoms with Gasteiger partial charge in [0.05, 0.1) is 9.82 Å². The number of halogens is 1. The maximum Gasteiger partial charge on any atom is 0.269 e. The number of hydrogen-bond donors (Lipinski definition) is 0. The van der Waals surface area contributed by atoms with Gasteiger partial charge in [-0.3, -0.25) is 14.9 Å². The average Bonchev–Trinajstić information content (AvgIpc) is 2.47. The van der Waals surface area contributed by atoms with Crippen LogP contribution in [0.1, 0.15) is 10.4 Å². The third-order valence-corrected chi connectivity index (χ3v) is 5.06. The zero-order valence-corrected chi connectivity index (χ0v) is 13.5. The van der Waals surface area contributed by atoms with Crippen LogP contribution in [-0.2, 0) is 9.84 Å². The quantitative estimate of drug-likeness (QED) is 0.449. The molecular weight excluding hydrogens is 374 g/mol. The van der Waals surface area contributed by atoms with Gasteiger partial charge in [0, 0.05) is 22.2 Å². The lowest BCUT2D eigenvalue weighted by Gasteiger charge is -2.04. The molecule has 0 N–H and O–H groups in total. The van der Waals surface area contributed by atoms with Crippen molar-refractivity contribution < 1.29 is 18.1 Å². The third kappa shape index (κ3) is 3.77. The zero-order valence-electron chi connectivity index (χ0n) is 11.1. The van der Waals surface area contributed by atoms with Crippen LogP contribution in [0.15, 0.2) is 57.9 Å². The van der Waals surface area contributed by atoms with Gasteiger partial charge in [-0.2, -0.15) is 0 Å². The first-order valence-electron chi connectivity index (χ1n) is 6.05. The van der Waals surface area contributed by atoms with Crippen molar-refractivity contribution >= 4 is 37.2 Å². The second-order valence-corrected chi connectivity index (χ2v) is 7.35. The Morgan fingerprint density at radius 1 is 1.05 bits per heavy atom. The first kappa shape index (κ1) is 16.3. The minimum Gasteiger partial charge on any atom is -0.293 e. The molecule has 0 atom stereocenters. The number of carbonyl (C=O) groups excluding carboxylic acids is 1. The van der Waals surface area contributed by atoms with Gasteiger partial charge in [0.2, 0.25) is 0 Å². The highest BCUT2D eigenvalue weighted by molar-refractivity contribution is 9.10. The number of carbonyl (C=O) groups is 1. The predicted octanol–water partition coefficient (Wildman–Crippen LogP) is 3.01. The summed E-state index contributed by atoms with van der Waals surface area (Å²) < 4.78 is 25.1. The third-order valence-electron chi connectivity index (χ3n) is 2.89. The Bertz CT molecular complexity index is 813. The van der Waals surface area contributed by atoms with E-state index in [0.29, 0.717) is 0 Å². The van der Waals surface area contributed by atoms with Gasteiger partial charge in [-0.25, -0.2) is 8.42 Å². The van der Waals surface area contributed by atoms with E-state index in [9.17, 15) is 23.3 Å². The number of nitrogens with zero attached hydrogens (tertiary/aromatic N) is 1. The highest BCUT2D eigenvalue weighted by Gasteiger charge is 2.21. The van der Waals surface area contributed by atoms with Gasteiger partial charge >= 0.3 is 0 Å². The highest BCUT2D eigenvalue weighted by Crippen LogP contribution is 2.18. The van der Waals surface area contributed by atoms with E-state index >= 15 is 0 Å². The lowest BCUT2D eigenvalue weighted by Crippen LogP contribution is -2.16. The van der Waals surface area contributed by atoms with E-state index in [4.69, 9.17) is 0 Å². The van der Waals surface area contributed by atoms with Crippen molar-refractivity contribution in [3.63, 3.8) is 0 Å². The largest absolute Gasteiger partial charge is 0.293 e. The number of Topliss-reactive ketones (excluding diaryl/α,β-unsaturated/α-hetero) is 1. The SMILES string of the molecule is O=C(CS(=O)(=O)c1ccc([N+](=O)[O-])cc1)c1ccc(Br)cc1. The molecule has 0 fully saturated rings. The summed E-state index contributed by atoms with van der Waals surface area (Å²) in [7, 11) is -3.84. The normalized spacial score (nSPS) is 11.1. The van der Waals surface area contributed by atoms with Crippen LogP contribution in [0.4, 0.5) is 5.69 Å². The smallest absolute Gasteiger partial charge is 0.269 e. The number of nitro groups is 1. The molecule has 0 aliphatic rings. The molecule has 0 saturated carbocycles. The van der Waals surface area contributed by atoms with E-state index in [1.54, 1.807) is 12.1 Å². The van der Waals surface area contributed by atoms with Crippen LogP contribution in [0.2, 0.25) is 0 Å². The van der Waals surface area contributed by atoms with Crippen LogP contribution in [0.25, 0.3) is 0 Å². The number of ketones is 1. The molecule has 0 spiro atoms. The van der Waals surface area contributed by atoms with Crippen LogP contribution in [0.3, 0.4) is 0 Å². The molecule has 8 heteroatoms. The lowest BCUT2D eigenvalue weighted by atomic mass is 10.2. The minimum absolute atomic E-state index is 0.122. The number of rotatable bonds is 5. The van der Waals surface area contributed by atoms with Crippen LogP contribution >= 0.6 is 15.9 Å². The number of nitro benzene ring substituents is 1. The Balaban J connectivity index is 2.21. The second-order valence-electron chi connectivity index (χ2n) is 4.44. The summed E-state index contributed by atoms with van der Waals surface area (Å²) in [6, 6.07) is 10.8. The molecule has 0 aliphatic heterocycles. The van der Waals surface area contributed by atoms with Crippen molar-refractivity contribution in [3.05, 3.63) is 68.7 Å². The van der Waals surface area contributed by atoms with Gasteiger partial charge in [0.25, 0.3) is 5.69 Å². The molecule has 114 valence electrons. The van der Waals surface area contributed by atoms with Crippen LogP contribution < -0.4 is 0 Å². The van der Waals surface area contributed by atoms with E-state index in [1.165, 1.54) is 12.1 Å². The van der Waals surface area contributed by atoms with E-state index in [2.05, 4.69) is 15.9 Å². The fourth-order valence-corrected chi connectivity index (χ4v) is 3.24. The fourth-order valence-electron chi connectivity index (χ4n) is 1.75. The summed E-state index contributed by atoms with van der Waals surface area (Å²) in [4.78, 5) is 21.8. The molecule has 0 heterocycles. The van der Waals surface area contributed by atoms with Crippen molar-refractivity contribution in [2.45, 2.75) is 4.90 Å². The number of non-ortho nitro benzene ring substituents is 1. The molecule has 0 saturated heterocycles. The molecule has 2 aromatic rings. The van der Waals surface area contributed by atoms with Gasteiger partial charge in [0.1, 0.15) is 5.75 Å². The maximum atomic E-state index is 12.2. The van der Waals surface area contributed by atoms with Crippen LogP contribution in [0, 0.1) is 10.1 Å². The van der Waals surface area contributed by atoms with Gasteiger partial charge < -0.3 is 0 Å². The summed E-state index contributed by atoms with van der Waals surface area (Å²) in [5, 5.41) is 10.6. The van der Waals surface area contributed by atoms with Crippen molar-refractivity contribution in [2.24, 2.45) is 0 Å². The molecule has 6 nitrogen and oxygen atoms in total. The summed E-state index contributed by atoms with van der Waals surface area (Å²) in [6.45, 7) is 0. The Labute approximate surface area is 135 Å². The van der Waals surface area contributed by atoms with E-state index in [-0.39, 0.29) is 16.1 Å². The zero-order chi connectivity index (χ0) is 16.3. The molecule has 0 aliphatic carbocycles. The molecular formula is C14H10BrNO5S. The van der Waals surface area contributed by atoms with Crippen molar-refractivity contribution in [2.75, 3.05) is 5.75 Å². The summed E-state index contributed by atoms with van der Waals surface area (Å²) in [5.74, 6) is -1.22. The molecule has 0 unspecified atom stereocenters. The van der Waals surface area contributed by atoms with E-state index in [1.807, 2.05) is 0 Å². The predicted molar refractivity (Wildman–Crippen MR) is 83.6 cm³/mol. The first-order valence-corrected chi connectivity index (χ1v) is 8.50. The standard InChI is InChI=1S/C14H10BrNO5S/c15-11-3-1-10(2-4-11)14(17)9-22(20,21)13-7-5-12(6-8-13)16(18)19/h1-8H,9H2. The highest BCUT2D eigenvalue weighted by atomic mass is 79.9.